The molecule has 0 aromatic heterocycles. The SMILES string of the molecule is CCc1ccc(CNC(=O)[C@H]2CC(=O)N(c3ccc(OCC(=O)Nc4ccc(C)cc4C)cc3)C2)cc1. The van der Waals surface area contributed by atoms with Gasteiger partial charge in [0.2, 0.25) is 11.8 Å². The maximum atomic E-state index is 12.7. The van der Waals surface area contributed by atoms with Crippen LogP contribution < -0.4 is 20.3 Å². The molecule has 1 atom stereocenters. The normalized spacial score (nSPS) is 14.9. The summed E-state index contributed by atoms with van der Waals surface area (Å²) in [5.74, 6) is -0.332. The van der Waals surface area contributed by atoms with Crippen molar-refractivity contribution in [1.82, 2.24) is 5.32 Å². The summed E-state index contributed by atoms with van der Waals surface area (Å²) in [4.78, 5) is 39.2. The number of rotatable bonds is 9. The number of aryl methyl sites for hydroxylation is 3. The molecule has 1 fully saturated rings. The van der Waals surface area contributed by atoms with Gasteiger partial charge in [-0.2, -0.15) is 0 Å². The fourth-order valence-electron chi connectivity index (χ4n) is 4.37. The van der Waals surface area contributed by atoms with Crippen LogP contribution in [0.15, 0.2) is 66.7 Å². The molecule has 2 N–H and O–H groups in total. The third kappa shape index (κ3) is 6.76. The van der Waals surface area contributed by atoms with Gasteiger partial charge in [-0.25, -0.2) is 0 Å². The first-order valence-corrected chi connectivity index (χ1v) is 12.6. The van der Waals surface area contributed by atoms with Gasteiger partial charge in [0.15, 0.2) is 6.61 Å². The van der Waals surface area contributed by atoms with Gasteiger partial charge in [-0.1, -0.05) is 48.9 Å². The second-order valence-electron chi connectivity index (χ2n) is 9.44. The van der Waals surface area contributed by atoms with E-state index in [1.165, 1.54) is 5.56 Å². The third-order valence-electron chi connectivity index (χ3n) is 6.57. The minimum atomic E-state index is -0.396. The zero-order valence-corrected chi connectivity index (χ0v) is 21.5. The molecule has 3 aromatic carbocycles. The van der Waals surface area contributed by atoms with Gasteiger partial charge in [0, 0.05) is 30.9 Å². The lowest BCUT2D eigenvalue weighted by Gasteiger charge is -2.17. The van der Waals surface area contributed by atoms with Crippen LogP contribution in [0.2, 0.25) is 0 Å². The summed E-state index contributed by atoms with van der Waals surface area (Å²) >= 11 is 0. The molecule has 1 aliphatic rings. The predicted molar refractivity (Wildman–Crippen MR) is 145 cm³/mol. The molecule has 1 heterocycles. The Morgan fingerprint density at radius 2 is 1.68 bits per heavy atom. The minimum absolute atomic E-state index is 0.0889. The maximum absolute atomic E-state index is 12.7. The molecular formula is C30H33N3O4. The minimum Gasteiger partial charge on any atom is -0.484 e. The van der Waals surface area contributed by atoms with Crippen molar-refractivity contribution in [2.45, 2.75) is 40.2 Å². The highest BCUT2D eigenvalue weighted by Crippen LogP contribution is 2.27. The molecule has 1 aliphatic heterocycles. The number of ether oxygens (including phenoxy) is 1. The summed E-state index contributed by atoms with van der Waals surface area (Å²) in [6, 6.07) is 21.0. The number of hydrogen-bond donors (Lipinski definition) is 2. The van der Waals surface area contributed by atoms with Gasteiger partial charge in [0.25, 0.3) is 5.91 Å². The summed E-state index contributed by atoms with van der Waals surface area (Å²) in [5, 5.41) is 5.81. The van der Waals surface area contributed by atoms with Crippen LogP contribution in [0.1, 0.15) is 35.6 Å². The average Bonchev–Trinajstić information content (AvgIpc) is 3.30. The molecule has 192 valence electrons. The largest absolute Gasteiger partial charge is 0.484 e. The van der Waals surface area contributed by atoms with Gasteiger partial charge in [-0.15, -0.1) is 0 Å². The van der Waals surface area contributed by atoms with E-state index in [1.54, 1.807) is 29.2 Å². The van der Waals surface area contributed by atoms with Crippen molar-refractivity contribution < 1.29 is 19.1 Å². The quantitative estimate of drug-likeness (QED) is 0.452. The average molecular weight is 500 g/mol. The Labute approximate surface area is 217 Å². The van der Waals surface area contributed by atoms with Crippen molar-refractivity contribution in [2.24, 2.45) is 5.92 Å². The first-order chi connectivity index (χ1) is 17.8. The fraction of sp³-hybridized carbons (Fsp3) is 0.300. The van der Waals surface area contributed by atoms with Crippen molar-refractivity contribution in [3.8, 4) is 5.75 Å². The van der Waals surface area contributed by atoms with E-state index in [-0.39, 0.29) is 30.7 Å². The van der Waals surface area contributed by atoms with Crippen LogP contribution in [-0.2, 0) is 27.3 Å². The molecule has 0 aliphatic carbocycles. The first-order valence-electron chi connectivity index (χ1n) is 12.6. The van der Waals surface area contributed by atoms with Crippen LogP contribution in [0.25, 0.3) is 0 Å². The summed E-state index contributed by atoms with van der Waals surface area (Å²) in [5.41, 5.74) is 5.87. The van der Waals surface area contributed by atoms with Crippen molar-refractivity contribution in [1.29, 1.82) is 0 Å². The third-order valence-corrected chi connectivity index (χ3v) is 6.57. The van der Waals surface area contributed by atoms with E-state index in [4.69, 9.17) is 4.74 Å². The van der Waals surface area contributed by atoms with Crippen LogP contribution >= 0.6 is 0 Å². The topological polar surface area (TPSA) is 87.7 Å². The molecule has 0 unspecified atom stereocenters. The highest BCUT2D eigenvalue weighted by Gasteiger charge is 2.35. The molecule has 3 aromatic rings. The monoisotopic (exact) mass is 499 g/mol. The zero-order valence-electron chi connectivity index (χ0n) is 21.5. The van der Waals surface area contributed by atoms with Crippen molar-refractivity contribution in [3.05, 3.63) is 89.0 Å². The van der Waals surface area contributed by atoms with Crippen molar-refractivity contribution in [3.63, 3.8) is 0 Å². The van der Waals surface area contributed by atoms with Gasteiger partial charge >= 0.3 is 0 Å². The lowest BCUT2D eigenvalue weighted by Crippen LogP contribution is -2.32. The van der Waals surface area contributed by atoms with Crippen LogP contribution in [-0.4, -0.2) is 30.9 Å². The van der Waals surface area contributed by atoms with Crippen LogP contribution in [0.3, 0.4) is 0 Å². The Morgan fingerprint density at radius 1 is 0.973 bits per heavy atom. The number of nitrogens with one attached hydrogen (secondary N) is 2. The van der Waals surface area contributed by atoms with Crippen LogP contribution in [0, 0.1) is 19.8 Å². The summed E-state index contributed by atoms with van der Waals surface area (Å²) < 4.78 is 5.62. The van der Waals surface area contributed by atoms with Crippen molar-refractivity contribution >= 4 is 29.1 Å². The van der Waals surface area contributed by atoms with Crippen LogP contribution in [0.5, 0.6) is 5.75 Å². The van der Waals surface area contributed by atoms with E-state index in [2.05, 4.69) is 29.7 Å². The van der Waals surface area contributed by atoms with Crippen LogP contribution in [0.4, 0.5) is 11.4 Å². The molecule has 1 saturated heterocycles. The summed E-state index contributed by atoms with van der Waals surface area (Å²) in [6.45, 7) is 6.70. The van der Waals surface area contributed by atoms with E-state index < -0.39 is 5.92 Å². The van der Waals surface area contributed by atoms with Gasteiger partial charge in [-0.3, -0.25) is 14.4 Å². The highest BCUT2D eigenvalue weighted by molar-refractivity contribution is 6.00. The van der Waals surface area contributed by atoms with E-state index in [0.717, 1.165) is 28.8 Å². The smallest absolute Gasteiger partial charge is 0.262 e. The Balaban J connectivity index is 1.26. The predicted octanol–water partition coefficient (Wildman–Crippen LogP) is 4.55. The van der Waals surface area contributed by atoms with Gasteiger partial charge < -0.3 is 20.3 Å². The molecule has 0 saturated carbocycles. The summed E-state index contributed by atoms with van der Waals surface area (Å²) in [7, 11) is 0. The zero-order chi connectivity index (χ0) is 26.4. The molecule has 7 nitrogen and oxygen atoms in total. The standard InChI is InChI=1S/C30H33N3O4/c1-4-22-6-8-23(9-7-22)17-31-30(36)24-16-29(35)33(18-24)25-10-12-26(13-11-25)37-19-28(34)32-27-14-5-20(2)15-21(27)3/h5-15,24H,4,16-19H2,1-3H3,(H,31,36)(H,32,34)/t24-/m0/s1. The van der Waals surface area contributed by atoms with Crippen molar-refractivity contribution in [2.75, 3.05) is 23.4 Å². The molecule has 0 bridgehead atoms. The number of anilines is 2. The molecule has 37 heavy (non-hydrogen) atoms. The first kappa shape index (κ1) is 25.9. The number of carbonyl (C=O) groups excluding carboxylic acids is 3. The van der Waals surface area contributed by atoms with Gasteiger partial charge in [0.1, 0.15) is 5.75 Å². The number of nitrogens with zero attached hydrogens (tertiary/aromatic N) is 1. The molecule has 4 rings (SSSR count). The second kappa shape index (κ2) is 11.7. The highest BCUT2D eigenvalue weighted by atomic mass is 16.5. The number of carbonyl (C=O) groups is 3. The Morgan fingerprint density at radius 3 is 2.35 bits per heavy atom. The van der Waals surface area contributed by atoms with E-state index in [1.807, 2.05) is 44.2 Å². The molecular weight excluding hydrogens is 466 g/mol. The van der Waals surface area contributed by atoms with E-state index in [0.29, 0.717) is 24.5 Å². The molecule has 3 amide bonds. The van der Waals surface area contributed by atoms with Gasteiger partial charge in [-0.05, 0) is 67.3 Å². The second-order valence-corrected chi connectivity index (χ2v) is 9.44. The number of amides is 3. The Bertz CT molecular complexity index is 1270. The van der Waals surface area contributed by atoms with Gasteiger partial charge in [0.05, 0.1) is 5.92 Å². The Hall–Kier alpha value is -4.13. The van der Waals surface area contributed by atoms with E-state index in [9.17, 15) is 14.4 Å². The molecule has 0 spiro atoms. The summed E-state index contributed by atoms with van der Waals surface area (Å²) in [6.07, 6.45) is 1.15. The Kier molecular flexibility index (Phi) is 8.23. The van der Waals surface area contributed by atoms with E-state index >= 15 is 0 Å². The number of benzene rings is 3. The lowest BCUT2D eigenvalue weighted by molar-refractivity contribution is -0.126. The molecule has 7 heteroatoms. The fourth-order valence-corrected chi connectivity index (χ4v) is 4.37. The molecule has 0 radical (unpaired) electrons. The maximum Gasteiger partial charge on any atom is 0.262 e. The number of hydrogen-bond acceptors (Lipinski definition) is 4. The lowest BCUT2D eigenvalue weighted by atomic mass is 10.1.